The Labute approximate surface area is 108 Å². The van der Waals surface area contributed by atoms with E-state index in [1.54, 1.807) is 13.2 Å². The molecule has 96 valence electrons. The third kappa shape index (κ3) is 2.18. The molecule has 2 rings (SSSR count). The summed E-state index contributed by atoms with van der Waals surface area (Å²) in [5.74, 6) is -2.48. The van der Waals surface area contributed by atoms with Crippen LogP contribution in [0.4, 0.5) is 14.6 Å². The summed E-state index contributed by atoms with van der Waals surface area (Å²) in [6.45, 7) is 0.830. The highest BCUT2D eigenvalue weighted by Crippen LogP contribution is 2.36. The van der Waals surface area contributed by atoms with E-state index in [9.17, 15) is 8.78 Å². The SMILES string of the molecule is Cn1ncc(-c2ccc(C(C)(F)F)cc2Cl)c1N. The number of hydrogen-bond acceptors (Lipinski definition) is 2. The fourth-order valence-electron chi connectivity index (χ4n) is 1.66. The molecule has 0 unspecified atom stereocenters. The van der Waals surface area contributed by atoms with Crippen molar-refractivity contribution in [3.05, 3.63) is 35.0 Å². The van der Waals surface area contributed by atoms with Crippen LogP contribution in [0.1, 0.15) is 12.5 Å². The molecule has 1 heterocycles. The summed E-state index contributed by atoms with van der Waals surface area (Å²) < 4.78 is 27.8. The van der Waals surface area contributed by atoms with Crippen LogP contribution in [0, 0.1) is 0 Å². The molecule has 1 aromatic heterocycles. The molecule has 0 amide bonds. The van der Waals surface area contributed by atoms with Gasteiger partial charge in [-0.25, -0.2) is 8.78 Å². The Bertz CT molecular complexity index is 587. The highest BCUT2D eigenvalue weighted by molar-refractivity contribution is 6.33. The van der Waals surface area contributed by atoms with Crippen molar-refractivity contribution in [3.63, 3.8) is 0 Å². The Morgan fingerprint density at radius 2 is 2.00 bits per heavy atom. The van der Waals surface area contributed by atoms with Crippen LogP contribution in [0.15, 0.2) is 24.4 Å². The van der Waals surface area contributed by atoms with Crippen molar-refractivity contribution in [1.82, 2.24) is 9.78 Å². The van der Waals surface area contributed by atoms with E-state index in [0.717, 1.165) is 6.92 Å². The zero-order valence-corrected chi connectivity index (χ0v) is 10.7. The van der Waals surface area contributed by atoms with Crippen LogP contribution in [0.25, 0.3) is 11.1 Å². The molecule has 0 bridgehead atoms. The maximum absolute atomic E-state index is 13.2. The van der Waals surface area contributed by atoms with Crippen molar-refractivity contribution in [3.8, 4) is 11.1 Å². The Hall–Kier alpha value is -1.62. The third-order valence-electron chi connectivity index (χ3n) is 2.75. The number of nitrogens with two attached hydrogens (primary N) is 1. The van der Waals surface area contributed by atoms with E-state index in [-0.39, 0.29) is 10.6 Å². The van der Waals surface area contributed by atoms with Gasteiger partial charge in [-0.05, 0) is 6.07 Å². The molecule has 0 atom stereocenters. The molecule has 6 heteroatoms. The van der Waals surface area contributed by atoms with Gasteiger partial charge in [0.05, 0.1) is 6.20 Å². The zero-order chi connectivity index (χ0) is 13.5. The molecular formula is C12H12ClF2N3. The number of aryl methyl sites for hydroxylation is 1. The summed E-state index contributed by atoms with van der Waals surface area (Å²) in [4.78, 5) is 0. The first-order valence-corrected chi connectivity index (χ1v) is 5.64. The number of nitrogen functional groups attached to an aromatic ring is 1. The molecule has 0 spiro atoms. The summed E-state index contributed by atoms with van der Waals surface area (Å²) in [6.07, 6.45) is 1.56. The lowest BCUT2D eigenvalue weighted by Gasteiger charge is -2.12. The monoisotopic (exact) mass is 271 g/mol. The lowest BCUT2D eigenvalue weighted by Crippen LogP contribution is -2.06. The highest BCUT2D eigenvalue weighted by Gasteiger charge is 2.25. The van der Waals surface area contributed by atoms with Crippen LogP contribution in [-0.2, 0) is 13.0 Å². The standard InChI is InChI=1S/C12H12ClF2N3/c1-12(14,15)7-3-4-8(10(13)5-7)9-6-17-18(2)11(9)16/h3-6H,16H2,1-2H3. The van der Waals surface area contributed by atoms with E-state index in [1.165, 1.54) is 22.9 Å². The van der Waals surface area contributed by atoms with Gasteiger partial charge in [0.2, 0.25) is 0 Å². The number of nitrogens with zero attached hydrogens (tertiary/aromatic N) is 2. The third-order valence-corrected chi connectivity index (χ3v) is 3.06. The van der Waals surface area contributed by atoms with Gasteiger partial charge in [0.25, 0.3) is 5.92 Å². The Kier molecular flexibility index (Phi) is 3.02. The molecule has 0 aliphatic carbocycles. The van der Waals surface area contributed by atoms with E-state index in [4.69, 9.17) is 17.3 Å². The minimum Gasteiger partial charge on any atom is -0.383 e. The summed E-state index contributed by atoms with van der Waals surface area (Å²) in [6, 6.07) is 4.12. The smallest absolute Gasteiger partial charge is 0.270 e. The summed E-state index contributed by atoms with van der Waals surface area (Å²) in [5.41, 5.74) is 6.92. The summed E-state index contributed by atoms with van der Waals surface area (Å²) in [7, 11) is 1.70. The lowest BCUT2D eigenvalue weighted by atomic mass is 10.0. The molecule has 0 saturated carbocycles. The molecule has 1 aromatic carbocycles. The minimum absolute atomic E-state index is 0.126. The number of anilines is 1. The Balaban J connectivity index is 2.52. The number of rotatable bonds is 2. The fourth-order valence-corrected chi connectivity index (χ4v) is 1.94. The van der Waals surface area contributed by atoms with Gasteiger partial charge in [-0.2, -0.15) is 5.10 Å². The molecule has 0 aliphatic rings. The maximum atomic E-state index is 13.2. The Morgan fingerprint density at radius 1 is 1.33 bits per heavy atom. The first-order valence-electron chi connectivity index (χ1n) is 5.26. The van der Waals surface area contributed by atoms with Crippen molar-refractivity contribution in [1.29, 1.82) is 0 Å². The van der Waals surface area contributed by atoms with Gasteiger partial charge < -0.3 is 5.73 Å². The molecule has 2 aromatic rings. The van der Waals surface area contributed by atoms with E-state index < -0.39 is 5.92 Å². The number of halogens is 3. The van der Waals surface area contributed by atoms with Gasteiger partial charge in [0.1, 0.15) is 5.82 Å². The second kappa shape index (κ2) is 4.24. The average molecular weight is 272 g/mol. The summed E-state index contributed by atoms with van der Waals surface area (Å²) in [5, 5.41) is 4.22. The largest absolute Gasteiger partial charge is 0.383 e. The number of alkyl halides is 2. The molecular weight excluding hydrogens is 260 g/mol. The first kappa shape index (κ1) is 12.8. The molecule has 0 radical (unpaired) electrons. The molecule has 18 heavy (non-hydrogen) atoms. The number of hydrogen-bond donors (Lipinski definition) is 1. The van der Waals surface area contributed by atoms with E-state index in [0.29, 0.717) is 16.9 Å². The van der Waals surface area contributed by atoms with Crippen LogP contribution in [0.2, 0.25) is 5.02 Å². The predicted octanol–water partition coefficient (Wildman–Crippen LogP) is 3.43. The normalized spacial score (nSPS) is 11.8. The van der Waals surface area contributed by atoms with Crippen LogP contribution in [0.5, 0.6) is 0 Å². The Morgan fingerprint density at radius 3 is 2.44 bits per heavy atom. The van der Waals surface area contributed by atoms with Gasteiger partial charge in [-0.3, -0.25) is 4.68 Å². The highest BCUT2D eigenvalue weighted by atomic mass is 35.5. The van der Waals surface area contributed by atoms with Crippen molar-refractivity contribution in [2.45, 2.75) is 12.8 Å². The van der Waals surface area contributed by atoms with Gasteiger partial charge in [0, 0.05) is 35.7 Å². The van der Waals surface area contributed by atoms with Gasteiger partial charge >= 0.3 is 0 Å². The van der Waals surface area contributed by atoms with Crippen molar-refractivity contribution < 1.29 is 8.78 Å². The molecule has 2 N–H and O–H groups in total. The van der Waals surface area contributed by atoms with Crippen LogP contribution in [0.3, 0.4) is 0 Å². The molecule has 3 nitrogen and oxygen atoms in total. The fraction of sp³-hybridized carbons (Fsp3) is 0.250. The maximum Gasteiger partial charge on any atom is 0.270 e. The van der Waals surface area contributed by atoms with E-state index in [1.807, 2.05) is 0 Å². The minimum atomic E-state index is -2.91. The van der Waals surface area contributed by atoms with Crippen molar-refractivity contribution in [2.24, 2.45) is 7.05 Å². The van der Waals surface area contributed by atoms with E-state index >= 15 is 0 Å². The van der Waals surface area contributed by atoms with Gasteiger partial charge in [-0.1, -0.05) is 23.7 Å². The molecule has 0 aliphatic heterocycles. The van der Waals surface area contributed by atoms with Crippen LogP contribution in [-0.4, -0.2) is 9.78 Å². The van der Waals surface area contributed by atoms with Gasteiger partial charge in [-0.15, -0.1) is 0 Å². The van der Waals surface area contributed by atoms with Crippen LogP contribution >= 0.6 is 11.6 Å². The number of benzene rings is 1. The second-order valence-electron chi connectivity index (χ2n) is 4.15. The van der Waals surface area contributed by atoms with Crippen molar-refractivity contribution >= 4 is 17.4 Å². The topological polar surface area (TPSA) is 43.8 Å². The summed E-state index contributed by atoms with van der Waals surface area (Å²) >= 11 is 6.03. The van der Waals surface area contributed by atoms with Crippen molar-refractivity contribution in [2.75, 3.05) is 5.73 Å². The van der Waals surface area contributed by atoms with Gasteiger partial charge in [0.15, 0.2) is 0 Å². The number of aromatic nitrogens is 2. The average Bonchev–Trinajstić information content (AvgIpc) is 2.59. The molecule has 0 fully saturated rings. The second-order valence-corrected chi connectivity index (χ2v) is 4.56. The van der Waals surface area contributed by atoms with Crippen LogP contribution < -0.4 is 5.73 Å². The zero-order valence-electron chi connectivity index (χ0n) is 9.92. The first-order chi connectivity index (χ1) is 8.30. The van der Waals surface area contributed by atoms with E-state index in [2.05, 4.69) is 5.10 Å². The predicted molar refractivity (Wildman–Crippen MR) is 67.6 cm³/mol. The quantitative estimate of drug-likeness (QED) is 0.909. The lowest BCUT2D eigenvalue weighted by molar-refractivity contribution is 0.0175. The molecule has 0 saturated heterocycles.